The van der Waals surface area contributed by atoms with E-state index in [-0.39, 0.29) is 23.4 Å². The molecule has 0 bridgehead atoms. The van der Waals surface area contributed by atoms with Crippen LogP contribution in [0.15, 0.2) is 16.5 Å². The molecule has 2 atom stereocenters. The summed E-state index contributed by atoms with van der Waals surface area (Å²) in [5, 5.41) is 19.6. The number of β-amino-alcohol motifs (C(OH)–C–C–N with tert-alkyl or cyclic N) is 1. The molecule has 6 heteroatoms. The van der Waals surface area contributed by atoms with Gasteiger partial charge < -0.3 is 19.5 Å². The van der Waals surface area contributed by atoms with E-state index < -0.39 is 11.7 Å². The van der Waals surface area contributed by atoms with Gasteiger partial charge in [0.1, 0.15) is 0 Å². The zero-order valence-corrected chi connectivity index (χ0v) is 10.1. The minimum Gasteiger partial charge on any atom is -0.440 e. The van der Waals surface area contributed by atoms with Crippen molar-refractivity contribution in [1.82, 2.24) is 4.90 Å². The van der Waals surface area contributed by atoms with E-state index in [2.05, 4.69) is 0 Å². The topological polar surface area (TPSA) is 73.9 Å². The highest BCUT2D eigenvalue weighted by Crippen LogP contribution is 2.24. The second-order valence-electron chi connectivity index (χ2n) is 4.48. The number of nitrogens with zero attached hydrogens (tertiary/aromatic N) is 1. The third-order valence-electron chi connectivity index (χ3n) is 3.07. The van der Waals surface area contributed by atoms with E-state index in [0.717, 1.165) is 0 Å². The summed E-state index contributed by atoms with van der Waals surface area (Å²) < 4.78 is 5.02. The predicted octanol–water partition coefficient (Wildman–Crippen LogP) is 0.891. The molecule has 1 aliphatic rings. The van der Waals surface area contributed by atoms with Gasteiger partial charge in [-0.25, -0.2) is 0 Å². The number of piperidine rings is 1. The Hall–Kier alpha value is -1.04. The molecule has 17 heavy (non-hydrogen) atoms. The fourth-order valence-corrected chi connectivity index (χ4v) is 1.94. The molecule has 5 nitrogen and oxygen atoms in total. The van der Waals surface area contributed by atoms with Crippen LogP contribution < -0.4 is 0 Å². The Bertz CT molecular complexity index is 429. The average Bonchev–Trinajstić information content (AvgIpc) is 2.68. The smallest absolute Gasteiger partial charge is 0.289 e. The molecule has 1 aromatic rings. The van der Waals surface area contributed by atoms with Crippen molar-refractivity contribution in [3.05, 3.63) is 23.1 Å². The van der Waals surface area contributed by atoms with Gasteiger partial charge in [0.05, 0.1) is 11.7 Å². The SMILES string of the molecule is C[C@@]1(O)CCN(C(=O)c2ccc(Cl)o2)C[C@@H]1O. The molecule has 0 unspecified atom stereocenters. The van der Waals surface area contributed by atoms with E-state index in [4.69, 9.17) is 16.0 Å². The van der Waals surface area contributed by atoms with E-state index in [9.17, 15) is 15.0 Å². The van der Waals surface area contributed by atoms with Crippen molar-refractivity contribution in [1.29, 1.82) is 0 Å². The first-order valence-corrected chi connectivity index (χ1v) is 5.73. The normalized spacial score (nSPS) is 29.4. The van der Waals surface area contributed by atoms with Gasteiger partial charge in [-0.1, -0.05) is 0 Å². The summed E-state index contributed by atoms with van der Waals surface area (Å²) in [4.78, 5) is 13.4. The summed E-state index contributed by atoms with van der Waals surface area (Å²) in [6, 6.07) is 2.98. The van der Waals surface area contributed by atoms with Gasteiger partial charge in [-0.05, 0) is 37.1 Å². The number of furan rings is 1. The lowest BCUT2D eigenvalue weighted by Crippen LogP contribution is -2.55. The monoisotopic (exact) mass is 259 g/mol. The van der Waals surface area contributed by atoms with Gasteiger partial charge in [0.15, 0.2) is 11.0 Å². The molecule has 0 aromatic carbocycles. The molecule has 0 spiro atoms. The molecular weight excluding hydrogens is 246 g/mol. The molecule has 2 N–H and O–H groups in total. The van der Waals surface area contributed by atoms with Crippen molar-refractivity contribution in [3.8, 4) is 0 Å². The lowest BCUT2D eigenvalue weighted by molar-refractivity contribution is -0.100. The summed E-state index contributed by atoms with van der Waals surface area (Å²) in [6.07, 6.45) is -0.625. The Morgan fingerprint density at radius 1 is 1.65 bits per heavy atom. The highest BCUT2D eigenvalue weighted by molar-refractivity contribution is 6.29. The average molecular weight is 260 g/mol. The van der Waals surface area contributed by atoms with Crippen LogP contribution in [-0.2, 0) is 0 Å². The van der Waals surface area contributed by atoms with Crippen molar-refractivity contribution < 1.29 is 19.4 Å². The van der Waals surface area contributed by atoms with Crippen molar-refractivity contribution >= 4 is 17.5 Å². The van der Waals surface area contributed by atoms with Crippen LogP contribution in [0.1, 0.15) is 23.9 Å². The number of amides is 1. The Balaban J connectivity index is 2.08. The zero-order chi connectivity index (χ0) is 12.6. The summed E-state index contributed by atoms with van der Waals surface area (Å²) in [5.74, 6) is -0.185. The third-order valence-corrected chi connectivity index (χ3v) is 3.27. The van der Waals surface area contributed by atoms with Crippen molar-refractivity contribution in [2.45, 2.75) is 25.0 Å². The molecule has 1 aromatic heterocycles. The largest absolute Gasteiger partial charge is 0.440 e. The van der Waals surface area contributed by atoms with Gasteiger partial charge in [-0.3, -0.25) is 4.79 Å². The quantitative estimate of drug-likeness (QED) is 0.786. The minimum absolute atomic E-state index is 0.0875. The lowest BCUT2D eigenvalue weighted by atomic mass is 9.91. The predicted molar refractivity (Wildman–Crippen MR) is 60.9 cm³/mol. The number of carbonyl (C=O) groups is 1. The Kier molecular flexibility index (Phi) is 3.16. The Morgan fingerprint density at radius 3 is 2.88 bits per heavy atom. The second-order valence-corrected chi connectivity index (χ2v) is 4.85. The first-order chi connectivity index (χ1) is 7.90. The second kappa shape index (κ2) is 4.33. The molecule has 94 valence electrons. The van der Waals surface area contributed by atoms with E-state index in [0.29, 0.717) is 13.0 Å². The van der Waals surface area contributed by atoms with E-state index >= 15 is 0 Å². The maximum Gasteiger partial charge on any atom is 0.289 e. The van der Waals surface area contributed by atoms with Crippen LogP contribution in [0, 0.1) is 0 Å². The first kappa shape index (κ1) is 12.4. The number of halogens is 1. The molecule has 0 radical (unpaired) electrons. The molecule has 1 saturated heterocycles. The van der Waals surface area contributed by atoms with Crippen LogP contribution >= 0.6 is 11.6 Å². The fraction of sp³-hybridized carbons (Fsp3) is 0.545. The minimum atomic E-state index is -1.14. The van der Waals surface area contributed by atoms with Gasteiger partial charge >= 0.3 is 0 Å². The van der Waals surface area contributed by atoms with Gasteiger partial charge in [0.2, 0.25) is 0 Å². The van der Waals surface area contributed by atoms with Crippen molar-refractivity contribution in [3.63, 3.8) is 0 Å². The van der Waals surface area contributed by atoms with Crippen LogP contribution in [-0.4, -0.2) is 45.8 Å². The summed E-state index contributed by atoms with van der Waals surface area (Å²) in [7, 11) is 0. The molecule has 0 aliphatic carbocycles. The van der Waals surface area contributed by atoms with Crippen LogP contribution in [0.4, 0.5) is 0 Å². The number of likely N-dealkylation sites (tertiary alicyclic amines) is 1. The third kappa shape index (κ3) is 2.46. The van der Waals surface area contributed by atoms with Crippen LogP contribution in [0.5, 0.6) is 0 Å². The van der Waals surface area contributed by atoms with Gasteiger partial charge in [-0.2, -0.15) is 0 Å². The van der Waals surface area contributed by atoms with Gasteiger partial charge in [-0.15, -0.1) is 0 Å². The number of aliphatic hydroxyl groups excluding tert-OH is 1. The fourth-order valence-electron chi connectivity index (χ4n) is 1.79. The van der Waals surface area contributed by atoms with Crippen molar-refractivity contribution in [2.75, 3.05) is 13.1 Å². The number of hydrogen-bond donors (Lipinski definition) is 2. The van der Waals surface area contributed by atoms with Gasteiger partial charge in [0.25, 0.3) is 5.91 Å². The van der Waals surface area contributed by atoms with E-state index in [1.54, 1.807) is 6.92 Å². The molecule has 2 rings (SSSR count). The number of hydrogen-bond acceptors (Lipinski definition) is 4. The van der Waals surface area contributed by atoms with Crippen molar-refractivity contribution in [2.24, 2.45) is 0 Å². The molecule has 0 saturated carbocycles. The number of carbonyl (C=O) groups excluding carboxylic acids is 1. The Morgan fingerprint density at radius 2 is 2.35 bits per heavy atom. The van der Waals surface area contributed by atoms with Crippen LogP contribution in [0.3, 0.4) is 0 Å². The summed E-state index contributed by atoms with van der Waals surface area (Å²) in [6.45, 7) is 2.02. The first-order valence-electron chi connectivity index (χ1n) is 5.35. The molecule has 1 fully saturated rings. The molecular formula is C11H14ClNO4. The highest BCUT2D eigenvalue weighted by atomic mass is 35.5. The standard InChI is InChI=1S/C11H14ClNO4/c1-11(16)4-5-13(6-8(11)14)10(15)7-2-3-9(12)17-7/h2-3,8,14,16H,4-6H2,1H3/t8-,11+/m0/s1. The maximum absolute atomic E-state index is 12.0. The number of aliphatic hydroxyl groups is 2. The Labute approximate surface area is 104 Å². The van der Waals surface area contributed by atoms with Crippen LogP contribution in [0.2, 0.25) is 5.22 Å². The summed E-state index contributed by atoms with van der Waals surface area (Å²) >= 11 is 5.59. The van der Waals surface area contributed by atoms with E-state index in [1.807, 2.05) is 0 Å². The molecule has 2 heterocycles. The summed E-state index contributed by atoms with van der Waals surface area (Å²) in [5.41, 5.74) is -1.14. The van der Waals surface area contributed by atoms with E-state index in [1.165, 1.54) is 17.0 Å². The lowest BCUT2D eigenvalue weighted by Gasteiger charge is -2.39. The maximum atomic E-state index is 12.0. The van der Waals surface area contributed by atoms with Crippen LogP contribution in [0.25, 0.3) is 0 Å². The number of rotatable bonds is 1. The zero-order valence-electron chi connectivity index (χ0n) is 9.39. The van der Waals surface area contributed by atoms with Gasteiger partial charge in [0, 0.05) is 13.1 Å². The molecule has 1 amide bonds. The molecule has 1 aliphatic heterocycles. The highest BCUT2D eigenvalue weighted by Gasteiger charge is 2.38.